The van der Waals surface area contributed by atoms with Crippen molar-refractivity contribution in [2.75, 3.05) is 20.1 Å². The molecule has 1 aromatic rings. The summed E-state index contributed by atoms with van der Waals surface area (Å²) in [7, 11) is 1.98. The average molecular weight is 207 g/mol. The summed E-state index contributed by atoms with van der Waals surface area (Å²) in [4.78, 5) is 0. The third-order valence-corrected chi connectivity index (χ3v) is 2.35. The Hall–Kier alpha value is -0.900. The van der Waals surface area contributed by atoms with Gasteiger partial charge in [-0.05, 0) is 32.0 Å². The van der Waals surface area contributed by atoms with E-state index >= 15 is 0 Å². The van der Waals surface area contributed by atoms with E-state index in [1.165, 1.54) is 12.0 Å². The summed E-state index contributed by atoms with van der Waals surface area (Å²) in [5.74, 6) is 5.90. The van der Waals surface area contributed by atoms with E-state index in [0.717, 1.165) is 26.1 Å². The lowest BCUT2D eigenvalue weighted by Gasteiger charge is -2.15. The largest absolute Gasteiger partial charge is 0.320 e. The molecule has 0 aliphatic carbocycles. The van der Waals surface area contributed by atoms with Crippen LogP contribution in [0, 0.1) is 0 Å². The van der Waals surface area contributed by atoms with Gasteiger partial charge in [-0.2, -0.15) is 0 Å². The predicted octanol–water partition coefficient (Wildman–Crippen LogP) is 1.36. The molecule has 84 valence electrons. The van der Waals surface area contributed by atoms with Gasteiger partial charge in [0.05, 0.1) is 0 Å². The van der Waals surface area contributed by atoms with Crippen molar-refractivity contribution in [3.05, 3.63) is 35.9 Å². The maximum atomic E-state index is 5.90. The van der Waals surface area contributed by atoms with Crippen molar-refractivity contribution in [3.8, 4) is 0 Å². The molecule has 0 atom stereocenters. The second kappa shape index (κ2) is 7.40. The van der Waals surface area contributed by atoms with E-state index in [1.807, 2.05) is 30.3 Å². The highest BCUT2D eigenvalue weighted by molar-refractivity contribution is 5.14. The maximum absolute atomic E-state index is 5.90. The summed E-state index contributed by atoms with van der Waals surface area (Å²) in [6, 6.07) is 10.3. The number of nitrogens with one attached hydrogen (secondary N) is 1. The van der Waals surface area contributed by atoms with Crippen LogP contribution in [0.1, 0.15) is 18.4 Å². The van der Waals surface area contributed by atoms with Crippen LogP contribution in [0.2, 0.25) is 0 Å². The lowest BCUT2D eigenvalue weighted by atomic mass is 10.2. The monoisotopic (exact) mass is 207 g/mol. The summed E-state index contributed by atoms with van der Waals surface area (Å²) >= 11 is 0. The molecule has 15 heavy (non-hydrogen) atoms. The molecule has 0 aromatic heterocycles. The molecule has 0 aliphatic rings. The smallest absolute Gasteiger partial charge is 0.0379 e. The average Bonchev–Trinajstić information content (AvgIpc) is 2.26. The van der Waals surface area contributed by atoms with Crippen molar-refractivity contribution >= 4 is 0 Å². The number of hydrogen-bond donors (Lipinski definition) is 2. The number of rotatable bonds is 7. The molecule has 1 rings (SSSR count). The van der Waals surface area contributed by atoms with Crippen LogP contribution in [0.4, 0.5) is 0 Å². The Morgan fingerprint density at radius 2 is 1.93 bits per heavy atom. The highest BCUT2D eigenvalue weighted by atomic mass is 15.4. The third kappa shape index (κ3) is 5.52. The molecule has 0 radical (unpaired) electrons. The van der Waals surface area contributed by atoms with Gasteiger partial charge in [0.15, 0.2) is 0 Å². The Balaban J connectivity index is 2.16. The number of benzene rings is 1. The molecule has 1 aromatic carbocycles. The number of nitrogens with zero attached hydrogens (tertiary/aromatic N) is 1. The molecule has 0 saturated carbocycles. The van der Waals surface area contributed by atoms with Crippen molar-refractivity contribution in [2.24, 2.45) is 5.84 Å². The molecule has 0 fully saturated rings. The Bertz CT molecular complexity index is 248. The first-order valence-electron chi connectivity index (χ1n) is 5.51. The normalized spacial score (nSPS) is 10.9. The first-order chi connectivity index (χ1) is 7.33. The Morgan fingerprint density at radius 3 is 2.60 bits per heavy atom. The molecule has 0 spiro atoms. The van der Waals surface area contributed by atoms with E-state index in [9.17, 15) is 0 Å². The van der Waals surface area contributed by atoms with E-state index in [0.29, 0.717) is 0 Å². The standard InChI is InChI=1S/C12H21N3/c1-14-9-5-6-10-15(13)11-12-7-3-2-4-8-12/h2-4,7-8,14H,5-6,9-11,13H2,1H3. The van der Waals surface area contributed by atoms with Gasteiger partial charge in [-0.15, -0.1) is 0 Å². The lowest BCUT2D eigenvalue weighted by Crippen LogP contribution is -2.31. The van der Waals surface area contributed by atoms with Crippen LogP contribution in [0.3, 0.4) is 0 Å². The first kappa shape index (κ1) is 12.2. The Kier molecular flexibility index (Phi) is 6.00. The summed E-state index contributed by atoms with van der Waals surface area (Å²) in [5, 5.41) is 5.01. The summed E-state index contributed by atoms with van der Waals surface area (Å²) in [6.45, 7) is 2.86. The van der Waals surface area contributed by atoms with Crippen molar-refractivity contribution in [2.45, 2.75) is 19.4 Å². The van der Waals surface area contributed by atoms with Gasteiger partial charge >= 0.3 is 0 Å². The highest BCUT2D eigenvalue weighted by Gasteiger charge is 1.99. The molecule has 0 heterocycles. The van der Waals surface area contributed by atoms with Crippen LogP contribution in [-0.2, 0) is 6.54 Å². The zero-order chi connectivity index (χ0) is 10.9. The minimum absolute atomic E-state index is 0.834. The van der Waals surface area contributed by atoms with Crippen molar-refractivity contribution in [1.82, 2.24) is 10.3 Å². The Morgan fingerprint density at radius 1 is 1.20 bits per heavy atom. The molecule has 3 nitrogen and oxygen atoms in total. The number of unbranched alkanes of at least 4 members (excludes halogenated alkanes) is 1. The van der Waals surface area contributed by atoms with E-state index in [2.05, 4.69) is 17.4 Å². The lowest BCUT2D eigenvalue weighted by molar-refractivity contribution is 0.268. The molecule has 0 bridgehead atoms. The quantitative estimate of drug-likeness (QED) is 0.403. The van der Waals surface area contributed by atoms with Crippen LogP contribution in [0.25, 0.3) is 0 Å². The van der Waals surface area contributed by atoms with Crippen LogP contribution in [-0.4, -0.2) is 25.1 Å². The highest BCUT2D eigenvalue weighted by Crippen LogP contribution is 2.01. The fourth-order valence-corrected chi connectivity index (χ4v) is 1.51. The van der Waals surface area contributed by atoms with Gasteiger partial charge in [0.2, 0.25) is 0 Å². The van der Waals surface area contributed by atoms with Gasteiger partial charge in [0, 0.05) is 13.1 Å². The van der Waals surface area contributed by atoms with E-state index in [1.54, 1.807) is 0 Å². The fraction of sp³-hybridized carbons (Fsp3) is 0.500. The van der Waals surface area contributed by atoms with Gasteiger partial charge in [-0.1, -0.05) is 30.3 Å². The topological polar surface area (TPSA) is 41.3 Å². The number of hydrazine groups is 1. The summed E-state index contributed by atoms with van der Waals surface area (Å²) in [6.07, 6.45) is 2.32. The molecule has 0 unspecified atom stereocenters. The first-order valence-corrected chi connectivity index (χ1v) is 5.51. The molecule has 3 N–H and O–H groups in total. The van der Waals surface area contributed by atoms with E-state index < -0.39 is 0 Å². The van der Waals surface area contributed by atoms with E-state index in [4.69, 9.17) is 5.84 Å². The van der Waals surface area contributed by atoms with Crippen molar-refractivity contribution < 1.29 is 0 Å². The zero-order valence-electron chi connectivity index (χ0n) is 9.45. The molecule has 0 saturated heterocycles. The SMILES string of the molecule is CNCCCCN(N)Cc1ccccc1. The second-order valence-corrected chi connectivity index (χ2v) is 3.77. The van der Waals surface area contributed by atoms with Crippen LogP contribution in [0.5, 0.6) is 0 Å². The van der Waals surface area contributed by atoms with Crippen LogP contribution < -0.4 is 11.2 Å². The maximum Gasteiger partial charge on any atom is 0.0379 e. The fourth-order valence-electron chi connectivity index (χ4n) is 1.51. The predicted molar refractivity (Wildman–Crippen MR) is 64.2 cm³/mol. The third-order valence-electron chi connectivity index (χ3n) is 2.35. The molecule has 0 aliphatic heterocycles. The number of hydrogen-bond acceptors (Lipinski definition) is 3. The van der Waals surface area contributed by atoms with Gasteiger partial charge in [-0.25, -0.2) is 5.01 Å². The number of nitrogens with two attached hydrogens (primary N) is 1. The minimum Gasteiger partial charge on any atom is -0.320 e. The van der Waals surface area contributed by atoms with Crippen LogP contribution in [0.15, 0.2) is 30.3 Å². The molecular formula is C12H21N3. The van der Waals surface area contributed by atoms with Crippen molar-refractivity contribution in [1.29, 1.82) is 0 Å². The van der Waals surface area contributed by atoms with Gasteiger partial charge < -0.3 is 5.32 Å². The van der Waals surface area contributed by atoms with Gasteiger partial charge in [0.1, 0.15) is 0 Å². The van der Waals surface area contributed by atoms with Crippen LogP contribution >= 0.6 is 0 Å². The molecule has 0 amide bonds. The zero-order valence-corrected chi connectivity index (χ0v) is 9.45. The summed E-state index contributed by atoms with van der Waals surface area (Å²) < 4.78 is 0. The molecular weight excluding hydrogens is 186 g/mol. The van der Waals surface area contributed by atoms with Gasteiger partial charge in [0.25, 0.3) is 0 Å². The summed E-state index contributed by atoms with van der Waals surface area (Å²) in [5.41, 5.74) is 1.27. The van der Waals surface area contributed by atoms with Crippen molar-refractivity contribution in [3.63, 3.8) is 0 Å². The minimum atomic E-state index is 0.834. The molecule has 3 heteroatoms. The second-order valence-electron chi connectivity index (χ2n) is 3.77. The van der Waals surface area contributed by atoms with E-state index in [-0.39, 0.29) is 0 Å². The van der Waals surface area contributed by atoms with Gasteiger partial charge in [-0.3, -0.25) is 5.84 Å². The Labute approximate surface area is 92.2 Å².